The van der Waals surface area contributed by atoms with Gasteiger partial charge >= 0.3 is 5.97 Å². The normalized spacial score (nSPS) is 13.3. The predicted molar refractivity (Wildman–Crippen MR) is 120 cm³/mol. The lowest BCUT2D eigenvalue weighted by Crippen LogP contribution is -2.42. The van der Waals surface area contributed by atoms with Crippen LogP contribution in [0.15, 0.2) is 36.4 Å². The second-order valence-corrected chi connectivity index (χ2v) is 8.06. The third-order valence-corrected chi connectivity index (χ3v) is 5.55. The number of para-hydroxylation sites is 1. The zero-order valence-electron chi connectivity index (χ0n) is 18.2. The van der Waals surface area contributed by atoms with Gasteiger partial charge in [0.25, 0.3) is 11.6 Å². The smallest absolute Gasteiger partial charge is 0.329 e. The molecule has 0 saturated heterocycles. The number of esters is 1. The molecule has 2 aromatic carbocycles. The number of carbonyl (C=O) groups is 2. The number of hydrogen-bond acceptors (Lipinski definition) is 9. The van der Waals surface area contributed by atoms with E-state index in [-0.39, 0.29) is 25.7 Å². The van der Waals surface area contributed by atoms with Gasteiger partial charge in [-0.3, -0.25) is 14.9 Å². The quantitative estimate of drug-likeness (QED) is 0.313. The van der Waals surface area contributed by atoms with Gasteiger partial charge in [-0.15, -0.1) is 0 Å². The number of carbonyl (C=O) groups excluding carboxylic acids is 2. The standard InChI is InChI=1S/C22H24N2O8S/c1-29-19-6-4-3-5-17(19)21(25)23-18(7-8-33-2)22(26)31-12-15-10-16(24(27)28)9-14-11-30-13-32-20(14)15/h3-6,9-10,18H,7-8,11-13H2,1-2H3,(H,23,25)/t18-/m1/s1. The maximum absolute atomic E-state index is 12.9. The summed E-state index contributed by atoms with van der Waals surface area (Å²) < 4.78 is 21.3. The highest BCUT2D eigenvalue weighted by Gasteiger charge is 2.26. The number of nitrogens with one attached hydrogen (secondary N) is 1. The first kappa shape index (κ1) is 24.3. The van der Waals surface area contributed by atoms with Crippen molar-refractivity contribution in [3.63, 3.8) is 0 Å². The molecule has 1 atom stereocenters. The van der Waals surface area contributed by atoms with Crippen LogP contribution in [0.3, 0.4) is 0 Å². The highest BCUT2D eigenvalue weighted by atomic mass is 32.2. The Morgan fingerprint density at radius 1 is 1.30 bits per heavy atom. The van der Waals surface area contributed by atoms with Crippen molar-refractivity contribution < 1.29 is 33.5 Å². The molecule has 1 aliphatic heterocycles. The maximum Gasteiger partial charge on any atom is 0.329 e. The summed E-state index contributed by atoms with van der Waals surface area (Å²) in [6.07, 6.45) is 2.23. The Morgan fingerprint density at radius 3 is 2.82 bits per heavy atom. The fourth-order valence-electron chi connectivity index (χ4n) is 3.30. The van der Waals surface area contributed by atoms with Gasteiger partial charge in [0.05, 0.1) is 24.2 Å². The van der Waals surface area contributed by atoms with Crippen molar-refractivity contribution in [2.75, 3.05) is 25.9 Å². The van der Waals surface area contributed by atoms with Crippen LogP contribution in [0.2, 0.25) is 0 Å². The number of nitrogens with zero attached hydrogens (tertiary/aromatic N) is 1. The van der Waals surface area contributed by atoms with E-state index in [1.54, 1.807) is 24.3 Å². The van der Waals surface area contributed by atoms with Crippen LogP contribution < -0.4 is 14.8 Å². The minimum Gasteiger partial charge on any atom is -0.496 e. The number of nitro groups is 1. The summed E-state index contributed by atoms with van der Waals surface area (Å²) >= 11 is 1.52. The summed E-state index contributed by atoms with van der Waals surface area (Å²) in [4.78, 5) is 36.4. The molecule has 0 saturated carbocycles. The molecule has 0 unspecified atom stereocenters. The zero-order valence-corrected chi connectivity index (χ0v) is 19.0. The molecular formula is C22H24N2O8S. The van der Waals surface area contributed by atoms with Gasteiger partial charge in [-0.05, 0) is 30.6 Å². The van der Waals surface area contributed by atoms with Crippen molar-refractivity contribution in [2.45, 2.75) is 25.7 Å². The molecule has 176 valence electrons. The highest BCUT2D eigenvalue weighted by molar-refractivity contribution is 7.98. The minimum atomic E-state index is -0.909. The van der Waals surface area contributed by atoms with Crippen LogP contribution in [-0.4, -0.2) is 48.8 Å². The molecule has 0 spiro atoms. The molecule has 1 amide bonds. The van der Waals surface area contributed by atoms with Crippen LogP contribution in [0.5, 0.6) is 11.5 Å². The van der Waals surface area contributed by atoms with Crippen molar-refractivity contribution in [1.29, 1.82) is 0 Å². The summed E-state index contributed by atoms with van der Waals surface area (Å²) in [7, 11) is 1.46. The Labute approximate surface area is 194 Å². The molecule has 3 rings (SSSR count). The van der Waals surface area contributed by atoms with Crippen LogP contribution in [0.4, 0.5) is 5.69 Å². The first-order chi connectivity index (χ1) is 15.9. The largest absolute Gasteiger partial charge is 0.496 e. The Morgan fingerprint density at radius 2 is 2.09 bits per heavy atom. The van der Waals surface area contributed by atoms with Gasteiger partial charge in [0.1, 0.15) is 24.1 Å². The molecule has 0 bridgehead atoms. The highest BCUT2D eigenvalue weighted by Crippen LogP contribution is 2.33. The first-order valence-electron chi connectivity index (χ1n) is 10.0. The van der Waals surface area contributed by atoms with Crippen molar-refractivity contribution in [1.82, 2.24) is 5.32 Å². The predicted octanol–water partition coefficient (Wildman–Crippen LogP) is 3.06. The molecule has 0 aromatic heterocycles. The fourth-order valence-corrected chi connectivity index (χ4v) is 3.77. The van der Waals surface area contributed by atoms with Gasteiger partial charge in [-0.25, -0.2) is 4.79 Å². The second-order valence-electron chi connectivity index (χ2n) is 7.08. The van der Waals surface area contributed by atoms with E-state index in [4.69, 9.17) is 18.9 Å². The molecule has 0 aliphatic carbocycles. The Bertz CT molecular complexity index is 1030. The SMILES string of the molecule is COc1ccccc1C(=O)N[C@H](CCSC)C(=O)OCc1cc([N+](=O)[O-])cc2c1OCOC2. The number of ether oxygens (including phenoxy) is 4. The third-order valence-electron chi connectivity index (χ3n) is 4.90. The van der Waals surface area contributed by atoms with Crippen molar-refractivity contribution in [3.8, 4) is 11.5 Å². The van der Waals surface area contributed by atoms with Crippen LogP contribution in [0.25, 0.3) is 0 Å². The Balaban J connectivity index is 1.75. The van der Waals surface area contributed by atoms with E-state index in [1.807, 2.05) is 6.26 Å². The summed E-state index contributed by atoms with van der Waals surface area (Å²) in [6.45, 7) is -0.0938. The minimum absolute atomic E-state index is 0.00291. The zero-order chi connectivity index (χ0) is 23.8. The number of methoxy groups -OCH3 is 1. The van der Waals surface area contributed by atoms with Crippen LogP contribution in [-0.2, 0) is 27.5 Å². The molecule has 10 nitrogen and oxygen atoms in total. The Kier molecular flexibility index (Phi) is 8.50. The van der Waals surface area contributed by atoms with Crippen LogP contribution in [0, 0.1) is 10.1 Å². The summed E-state index contributed by atoms with van der Waals surface area (Å²) in [5.41, 5.74) is 1.00. The van der Waals surface area contributed by atoms with Crippen LogP contribution >= 0.6 is 11.8 Å². The average molecular weight is 477 g/mol. The summed E-state index contributed by atoms with van der Waals surface area (Å²) in [5, 5.41) is 14.0. The molecular weight excluding hydrogens is 452 g/mol. The molecule has 33 heavy (non-hydrogen) atoms. The molecule has 0 fully saturated rings. The van der Waals surface area contributed by atoms with E-state index >= 15 is 0 Å². The third kappa shape index (κ3) is 6.14. The van der Waals surface area contributed by atoms with E-state index in [2.05, 4.69) is 5.32 Å². The fraction of sp³-hybridized carbons (Fsp3) is 0.364. The van der Waals surface area contributed by atoms with E-state index in [1.165, 1.54) is 31.0 Å². The number of amides is 1. The van der Waals surface area contributed by atoms with Crippen LogP contribution in [0.1, 0.15) is 27.9 Å². The van der Waals surface area contributed by atoms with Crippen molar-refractivity contribution in [2.24, 2.45) is 0 Å². The van der Waals surface area contributed by atoms with E-state index in [0.717, 1.165) is 0 Å². The van der Waals surface area contributed by atoms with Gasteiger partial charge < -0.3 is 24.3 Å². The van der Waals surface area contributed by atoms with Gasteiger partial charge in [0.15, 0.2) is 6.79 Å². The lowest BCUT2D eigenvalue weighted by molar-refractivity contribution is -0.385. The van der Waals surface area contributed by atoms with Crippen molar-refractivity contribution in [3.05, 3.63) is 63.2 Å². The van der Waals surface area contributed by atoms with E-state index < -0.39 is 22.8 Å². The summed E-state index contributed by atoms with van der Waals surface area (Å²) in [5.74, 6) is 0.273. The molecule has 2 aromatic rings. The lowest BCUT2D eigenvalue weighted by Gasteiger charge is -2.21. The average Bonchev–Trinajstić information content (AvgIpc) is 2.84. The number of hydrogen-bond donors (Lipinski definition) is 1. The molecule has 1 heterocycles. The molecule has 0 radical (unpaired) electrons. The monoisotopic (exact) mass is 476 g/mol. The van der Waals surface area contributed by atoms with Crippen molar-refractivity contribution >= 4 is 29.3 Å². The molecule has 1 aliphatic rings. The molecule has 11 heteroatoms. The van der Waals surface area contributed by atoms with E-state index in [0.29, 0.717) is 40.4 Å². The maximum atomic E-state index is 12.9. The lowest BCUT2D eigenvalue weighted by atomic mass is 10.1. The van der Waals surface area contributed by atoms with E-state index in [9.17, 15) is 19.7 Å². The van der Waals surface area contributed by atoms with Gasteiger partial charge in [0, 0.05) is 23.3 Å². The number of nitro benzene ring substituents is 1. The van der Waals surface area contributed by atoms with Gasteiger partial charge in [-0.1, -0.05) is 12.1 Å². The topological polar surface area (TPSA) is 126 Å². The Hall–Kier alpha value is -3.31. The molecule has 1 N–H and O–H groups in total. The number of fused-ring (bicyclic) bond motifs is 1. The number of rotatable bonds is 10. The first-order valence-corrected chi connectivity index (χ1v) is 11.4. The second kappa shape index (κ2) is 11.5. The number of benzene rings is 2. The number of thioether (sulfide) groups is 1. The van der Waals surface area contributed by atoms with Gasteiger partial charge in [0.2, 0.25) is 0 Å². The van der Waals surface area contributed by atoms with Gasteiger partial charge in [-0.2, -0.15) is 11.8 Å². The summed E-state index contributed by atoms with van der Waals surface area (Å²) in [6, 6.07) is 8.45. The number of non-ortho nitro benzene ring substituents is 1.